The molecule has 0 saturated heterocycles. The second kappa shape index (κ2) is 10.7. The van der Waals surface area contributed by atoms with E-state index in [1.807, 2.05) is 13.8 Å². The van der Waals surface area contributed by atoms with Crippen LogP contribution in [0.1, 0.15) is 46.5 Å². The number of allylic oxidation sites excluding steroid dienone is 2. The SMILES string of the molecule is C/C=C/CCCCC(OCC)OCC. The van der Waals surface area contributed by atoms with Crippen LogP contribution in [0.25, 0.3) is 0 Å². The van der Waals surface area contributed by atoms with Crippen LogP contribution in [0.15, 0.2) is 12.2 Å². The zero-order valence-electron chi connectivity index (χ0n) is 9.79. The van der Waals surface area contributed by atoms with Gasteiger partial charge in [-0.2, -0.15) is 0 Å². The van der Waals surface area contributed by atoms with Crippen LogP contribution in [0.3, 0.4) is 0 Å². The molecule has 0 radical (unpaired) electrons. The van der Waals surface area contributed by atoms with Gasteiger partial charge in [0, 0.05) is 13.2 Å². The molecule has 0 rings (SSSR count). The predicted molar refractivity (Wildman–Crippen MR) is 60.3 cm³/mol. The number of unbranched alkanes of at least 4 members (excludes halogenated alkanes) is 2. The molecule has 0 aliphatic rings. The average Bonchev–Trinajstić information content (AvgIpc) is 2.18. The summed E-state index contributed by atoms with van der Waals surface area (Å²) in [5.41, 5.74) is 0. The Bertz CT molecular complexity index is 126. The quantitative estimate of drug-likeness (QED) is 0.322. The van der Waals surface area contributed by atoms with E-state index in [0.29, 0.717) is 0 Å². The molecular weight excluding hydrogens is 176 g/mol. The first-order valence-corrected chi connectivity index (χ1v) is 5.69. The van der Waals surface area contributed by atoms with E-state index in [9.17, 15) is 0 Å². The van der Waals surface area contributed by atoms with Crippen LogP contribution in [-0.4, -0.2) is 19.5 Å². The van der Waals surface area contributed by atoms with Crippen LogP contribution in [-0.2, 0) is 9.47 Å². The summed E-state index contributed by atoms with van der Waals surface area (Å²) in [6, 6.07) is 0. The maximum atomic E-state index is 5.45. The van der Waals surface area contributed by atoms with Gasteiger partial charge in [0.1, 0.15) is 0 Å². The molecule has 0 aliphatic heterocycles. The van der Waals surface area contributed by atoms with Gasteiger partial charge in [0.15, 0.2) is 6.29 Å². The Morgan fingerprint density at radius 1 is 1.07 bits per heavy atom. The van der Waals surface area contributed by atoms with Crippen molar-refractivity contribution in [3.8, 4) is 0 Å². The molecule has 0 heterocycles. The molecule has 0 fully saturated rings. The van der Waals surface area contributed by atoms with E-state index in [0.717, 1.165) is 19.6 Å². The summed E-state index contributed by atoms with van der Waals surface area (Å²) in [7, 11) is 0. The Morgan fingerprint density at radius 2 is 1.71 bits per heavy atom. The molecule has 2 heteroatoms. The van der Waals surface area contributed by atoms with E-state index in [2.05, 4.69) is 19.1 Å². The molecule has 0 saturated carbocycles. The summed E-state index contributed by atoms with van der Waals surface area (Å²) >= 11 is 0. The topological polar surface area (TPSA) is 18.5 Å². The summed E-state index contributed by atoms with van der Waals surface area (Å²) in [6.07, 6.45) is 8.89. The first-order valence-electron chi connectivity index (χ1n) is 5.69. The minimum absolute atomic E-state index is 0.00982. The molecule has 0 aliphatic carbocycles. The molecule has 0 aromatic carbocycles. The summed E-state index contributed by atoms with van der Waals surface area (Å²) in [5.74, 6) is 0. The van der Waals surface area contributed by atoms with E-state index >= 15 is 0 Å². The number of hydrogen-bond donors (Lipinski definition) is 0. The third kappa shape index (κ3) is 8.27. The lowest BCUT2D eigenvalue weighted by Crippen LogP contribution is -2.16. The Balaban J connectivity index is 3.39. The zero-order chi connectivity index (χ0) is 10.6. The van der Waals surface area contributed by atoms with Gasteiger partial charge in [-0.3, -0.25) is 0 Å². The molecule has 0 N–H and O–H groups in total. The molecule has 0 bridgehead atoms. The Labute approximate surface area is 88.3 Å². The van der Waals surface area contributed by atoms with Gasteiger partial charge >= 0.3 is 0 Å². The van der Waals surface area contributed by atoms with Crippen LogP contribution >= 0.6 is 0 Å². The fourth-order valence-electron chi connectivity index (χ4n) is 1.33. The van der Waals surface area contributed by atoms with E-state index in [-0.39, 0.29) is 6.29 Å². The van der Waals surface area contributed by atoms with Gasteiger partial charge in [-0.15, -0.1) is 0 Å². The summed E-state index contributed by atoms with van der Waals surface area (Å²) < 4.78 is 10.9. The fourth-order valence-corrected chi connectivity index (χ4v) is 1.33. The normalized spacial score (nSPS) is 11.7. The molecule has 2 nitrogen and oxygen atoms in total. The zero-order valence-corrected chi connectivity index (χ0v) is 9.79. The highest BCUT2D eigenvalue weighted by Gasteiger charge is 2.06. The van der Waals surface area contributed by atoms with Crippen molar-refractivity contribution in [2.24, 2.45) is 0 Å². The fraction of sp³-hybridized carbons (Fsp3) is 0.833. The van der Waals surface area contributed by atoms with Crippen LogP contribution in [0.4, 0.5) is 0 Å². The lowest BCUT2D eigenvalue weighted by Gasteiger charge is -2.16. The summed E-state index contributed by atoms with van der Waals surface area (Å²) in [4.78, 5) is 0. The van der Waals surface area contributed by atoms with Gasteiger partial charge in [-0.25, -0.2) is 0 Å². The van der Waals surface area contributed by atoms with Crippen molar-refractivity contribution in [3.63, 3.8) is 0 Å². The Kier molecular flexibility index (Phi) is 10.5. The van der Waals surface area contributed by atoms with Gasteiger partial charge in [0.05, 0.1) is 0 Å². The highest BCUT2D eigenvalue weighted by Crippen LogP contribution is 2.08. The van der Waals surface area contributed by atoms with Crippen molar-refractivity contribution in [1.29, 1.82) is 0 Å². The van der Waals surface area contributed by atoms with Crippen molar-refractivity contribution < 1.29 is 9.47 Å². The minimum atomic E-state index is 0.00982. The molecule has 0 aromatic rings. The minimum Gasteiger partial charge on any atom is -0.353 e. The summed E-state index contributed by atoms with van der Waals surface area (Å²) in [5, 5.41) is 0. The van der Waals surface area contributed by atoms with E-state index in [4.69, 9.17) is 9.47 Å². The lowest BCUT2D eigenvalue weighted by molar-refractivity contribution is -0.140. The highest BCUT2D eigenvalue weighted by atomic mass is 16.7. The number of hydrogen-bond acceptors (Lipinski definition) is 2. The van der Waals surface area contributed by atoms with Crippen molar-refractivity contribution in [3.05, 3.63) is 12.2 Å². The number of ether oxygens (including phenoxy) is 2. The van der Waals surface area contributed by atoms with E-state index in [1.54, 1.807) is 0 Å². The van der Waals surface area contributed by atoms with Crippen LogP contribution in [0, 0.1) is 0 Å². The molecule has 0 atom stereocenters. The van der Waals surface area contributed by atoms with E-state index < -0.39 is 0 Å². The van der Waals surface area contributed by atoms with Gasteiger partial charge in [-0.05, 0) is 46.5 Å². The maximum Gasteiger partial charge on any atom is 0.157 e. The molecular formula is C12H24O2. The van der Waals surface area contributed by atoms with Gasteiger partial charge in [0.25, 0.3) is 0 Å². The van der Waals surface area contributed by atoms with Gasteiger partial charge in [0.2, 0.25) is 0 Å². The highest BCUT2D eigenvalue weighted by molar-refractivity contribution is 4.76. The predicted octanol–water partition coefficient (Wildman–Crippen LogP) is 3.52. The van der Waals surface area contributed by atoms with Crippen molar-refractivity contribution in [2.75, 3.05) is 13.2 Å². The van der Waals surface area contributed by atoms with Crippen molar-refractivity contribution in [2.45, 2.75) is 52.7 Å². The second-order valence-corrected chi connectivity index (χ2v) is 3.19. The molecule has 84 valence electrons. The molecule has 0 amide bonds. The van der Waals surface area contributed by atoms with Crippen LogP contribution in [0.5, 0.6) is 0 Å². The second-order valence-electron chi connectivity index (χ2n) is 3.19. The van der Waals surface area contributed by atoms with Gasteiger partial charge in [-0.1, -0.05) is 12.2 Å². The van der Waals surface area contributed by atoms with Crippen LogP contribution < -0.4 is 0 Å². The van der Waals surface area contributed by atoms with E-state index in [1.165, 1.54) is 19.3 Å². The molecule has 0 unspecified atom stereocenters. The number of rotatable bonds is 9. The lowest BCUT2D eigenvalue weighted by atomic mass is 10.2. The standard InChI is InChI=1S/C12H24O2/c1-4-7-8-9-10-11-12(13-5-2)14-6-3/h4,7,12H,5-6,8-11H2,1-3H3/b7-4+. The maximum absolute atomic E-state index is 5.45. The molecule has 0 spiro atoms. The van der Waals surface area contributed by atoms with Gasteiger partial charge < -0.3 is 9.47 Å². The first-order chi connectivity index (χ1) is 6.85. The third-order valence-electron chi connectivity index (χ3n) is 2.00. The Morgan fingerprint density at radius 3 is 2.21 bits per heavy atom. The summed E-state index contributed by atoms with van der Waals surface area (Å²) in [6.45, 7) is 7.54. The van der Waals surface area contributed by atoms with Crippen molar-refractivity contribution >= 4 is 0 Å². The monoisotopic (exact) mass is 200 g/mol. The Hall–Kier alpha value is -0.340. The smallest absolute Gasteiger partial charge is 0.157 e. The third-order valence-corrected chi connectivity index (χ3v) is 2.00. The molecule has 14 heavy (non-hydrogen) atoms. The first kappa shape index (κ1) is 13.7. The average molecular weight is 200 g/mol. The van der Waals surface area contributed by atoms with Crippen molar-refractivity contribution in [1.82, 2.24) is 0 Å². The largest absolute Gasteiger partial charge is 0.353 e. The van der Waals surface area contributed by atoms with Crippen LogP contribution in [0.2, 0.25) is 0 Å². The molecule has 0 aromatic heterocycles.